The maximum absolute atomic E-state index is 13.0. The van der Waals surface area contributed by atoms with Crippen molar-refractivity contribution in [3.8, 4) is 11.3 Å². The molecule has 0 spiro atoms. The second-order valence-electron chi connectivity index (χ2n) is 3.28. The van der Waals surface area contributed by atoms with Gasteiger partial charge in [0.2, 0.25) is 0 Å². The number of aryl methyl sites for hydroxylation is 1. The number of aromatic nitrogens is 1. The smallest absolute Gasteiger partial charge is 0.339 e. The summed E-state index contributed by atoms with van der Waals surface area (Å²) in [6.45, 7) is 1.68. The summed E-state index contributed by atoms with van der Waals surface area (Å²) in [6, 6.07) is 5.76. The topological polar surface area (TPSA) is 50.2 Å². The quantitative estimate of drug-likeness (QED) is 0.873. The molecule has 82 valence electrons. The normalized spacial score (nSPS) is 10.4. The molecule has 1 aromatic heterocycles. The van der Waals surface area contributed by atoms with Crippen molar-refractivity contribution in [3.05, 3.63) is 40.5 Å². The number of hydrogen-bond acceptors (Lipinski definition) is 3. The largest absolute Gasteiger partial charge is 0.478 e. The van der Waals surface area contributed by atoms with Crippen LogP contribution in [0.2, 0.25) is 0 Å². The Balaban J connectivity index is 2.60. The van der Waals surface area contributed by atoms with Gasteiger partial charge in [-0.3, -0.25) is 0 Å². The minimum atomic E-state index is -1.04. The van der Waals surface area contributed by atoms with Gasteiger partial charge in [0, 0.05) is 10.4 Å². The van der Waals surface area contributed by atoms with Crippen molar-refractivity contribution in [3.63, 3.8) is 0 Å². The van der Waals surface area contributed by atoms with E-state index in [1.807, 2.05) is 0 Å². The van der Waals surface area contributed by atoms with E-state index < -0.39 is 11.8 Å². The predicted molar refractivity (Wildman–Crippen MR) is 59.2 cm³/mol. The number of benzene rings is 1. The Kier molecular flexibility index (Phi) is 2.70. The zero-order valence-corrected chi connectivity index (χ0v) is 9.21. The van der Waals surface area contributed by atoms with Crippen molar-refractivity contribution < 1.29 is 14.3 Å². The maximum atomic E-state index is 13.0. The highest BCUT2D eigenvalue weighted by atomic mass is 32.1. The third-order valence-corrected chi connectivity index (χ3v) is 2.93. The zero-order chi connectivity index (χ0) is 11.7. The average Bonchev–Trinajstić information content (AvgIpc) is 2.60. The molecule has 0 aliphatic heterocycles. The molecule has 0 saturated carbocycles. The van der Waals surface area contributed by atoms with E-state index >= 15 is 0 Å². The fourth-order valence-electron chi connectivity index (χ4n) is 1.46. The summed E-state index contributed by atoms with van der Waals surface area (Å²) in [6.07, 6.45) is 0. The van der Waals surface area contributed by atoms with Crippen LogP contribution in [0.1, 0.15) is 15.2 Å². The highest BCUT2D eigenvalue weighted by Gasteiger charge is 2.18. The number of carboxylic acids is 1. The highest BCUT2D eigenvalue weighted by Crippen LogP contribution is 2.28. The van der Waals surface area contributed by atoms with Gasteiger partial charge < -0.3 is 5.11 Å². The molecule has 2 aromatic rings. The Morgan fingerprint density at radius 2 is 2.25 bits per heavy atom. The van der Waals surface area contributed by atoms with Crippen molar-refractivity contribution in [2.75, 3.05) is 0 Å². The summed E-state index contributed by atoms with van der Waals surface area (Å²) in [5.74, 6) is -1.44. The van der Waals surface area contributed by atoms with Gasteiger partial charge in [-0.05, 0) is 30.6 Å². The summed E-state index contributed by atoms with van der Waals surface area (Å²) < 4.78 is 17.1. The van der Waals surface area contributed by atoms with Crippen LogP contribution < -0.4 is 0 Å². The number of aromatic carboxylic acids is 1. The van der Waals surface area contributed by atoms with Gasteiger partial charge in [0.25, 0.3) is 0 Å². The Hall–Kier alpha value is -1.75. The van der Waals surface area contributed by atoms with Gasteiger partial charge in [-0.15, -0.1) is 0 Å². The lowest BCUT2D eigenvalue weighted by Crippen LogP contribution is -1.99. The molecule has 3 nitrogen and oxygen atoms in total. The molecule has 0 bridgehead atoms. The van der Waals surface area contributed by atoms with E-state index in [0.29, 0.717) is 16.1 Å². The third kappa shape index (κ3) is 1.81. The maximum Gasteiger partial charge on any atom is 0.339 e. The summed E-state index contributed by atoms with van der Waals surface area (Å²) in [5.41, 5.74) is 0.965. The molecule has 5 heteroatoms. The number of carboxylic acid groups (broad SMARTS) is 1. The Labute approximate surface area is 95.3 Å². The van der Waals surface area contributed by atoms with E-state index in [1.54, 1.807) is 13.0 Å². The van der Waals surface area contributed by atoms with E-state index in [1.165, 1.54) is 18.2 Å². The number of rotatable bonds is 2. The molecule has 0 aliphatic rings. The van der Waals surface area contributed by atoms with Crippen LogP contribution in [0.25, 0.3) is 11.3 Å². The monoisotopic (exact) mass is 237 g/mol. The van der Waals surface area contributed by atoms with Crippen LogP contribution in [0, 0.1) is 12.7 Å². The van der Waals surface area contributed by atoms with Gasteiger partial charge in [0.1, 0.15) is 11.4 Å². The zero-order valence-electron chi connectivity index (χ0n) is 8.40. The SMILES string of the molecule is Cc1snc(-c2cccc(F)c2)c1C(=O)O. The van der Waals surface area contributed by atoms with E-state index in [9.17, 15) is 9.18 Å². The molecular formula is C11H8FNO2S. The number of carbonyl (C=O) groups is 1. The van der Waals surface area contributed by atoms with Crippen LogP contribution >= 0.6 is 11.5 Å². The van der Waals surface area contributed by atoms with E-state index in [-0.39, 0.29) is 5.56 Å². The van der Waals surface area contributed by atoms with Gasteiger partial charge in [0.05, 0.1) is 5.69 Å². The number of nitrogens with zero attached hydrogens (tertiary/aromatic N) is 1. The van der Waals surface area contributed by atoms with Crippen LogP contribution in [0.5, 0.6) is 0 Å². The number of hydrogen-bond donors (Lipinski definition) is 1. The van der Waals surface area contributed by atoms with Crippen molar-refractivity contribution in [1.82, 2.24) is 4.37 Å². The first-order valence-electron chi connectivity index (χ1n) is 4.55. The van der Waals surface area contributed by atoms with Crippen LogP contribution in [-0.4, -0.2) is 15.4 Å². The molecule has 0 atom stereocenters. The molecule has 0 unspecified atom stereocenters. The second-order valence-corrected chi connectivity index (χ2v) is 4.26. The lowest BCUT2D eigenvalue weighted by Gasteiger charge is -1.99. The summed E-state index contributed by atoms with van der Waals surface area (Å²) in [7, 11) is 0. The first-order chi connectivity index (χ1) is 7.59. The van der Waals surface area contributed by atoms with Crippen molar-refractivity contribution in [1.29, 1.82) is 0 Å². The molecule has 16 heavy (non-hydrogen) atoms. The highest BCUT2D eigenvalue weighted by molar-refractivity contribution is 7.06. The van der Waals surface area contributed by atoms with Gasteiger partial charge >= 0.3 is 5.97 Å². The van der Waals surface area contributed by atoms with Crippen molar-refractivity contribution >= 4 is 17.5 Å². The van der Waals surface area contributed by atoms with Crippen LogP contribution in [0.4, 0.5) is 4.39 Å². The molecule has 1 heterocycles. The van der Waals surface area contributed by atoms with Crippen LogP contribution in [-0.2, 0) is 0 Å². The molecule has 2 rings (SSSR count). The molecule has 1 N–H and O–H groups in total. The van der Waals surface area contributed by atoms with Crippen LogP contribution in [0.15, 0.2) is 24.3 Å². The molecule has 0 radical (unpaired) electrons. The molecule has 1 aromatic carbocycles. The summed E-state index contributed by atoms with van der Waals surface area (Å²) >= 11 is 1.11. The Bertz CT molecular complexity index is 551. The van der Waals surface area contributed by atoms with Crippen LogP contribution in [0.3, 0.4) is 0 Å². The summed E-state index contributed by atoms with van der Waals surface area (Å²) in [5, 5.41) is 9.04. The van der Waals surface area contributed by atoms with Gasteiger partial charge in [-0.2, -0.15) is 4.37 Å². The molecule has 0 aliphatic carbocycles. The minimum Gasteiger partial charge on any atom is -0.478 e. The third-order valence-electron chi connectivity index (χ3n) is 2.17. The molecule has 0 saturated heterocycles. The van der Waals surface area contributed by atoms with Crippen molar-refractivity contribution in [2.45, 2.75) is 6.92 Å². The number of halogens is 1. The van der Waals surface area contributed by atoms with Gasteiger partial charge in [-0.25, -0.2) is 9.18 Å². The molecule has 0 fully saturated rings. The fraction of sp³-hybridized carbons (Fsp3) is 0.0909. The molecule has 0 amide bonds. The average molecular weight is 237 g/mol. The lowest BCUT2D eigenvalue weighted by molar-refractivity contribution is 0.0697. The fourth-order valence-corrected chi connectivity index (χ4v) is 2.16. The van der Waals surface area contributed by atoms with E-state index in [0.717, 1.165) is 11.5 Å². The van der Waals surface area contributed by atoms with Crippen molar-refractivity contribution in [2.24, 2.45) is 0 Å². The summed E-state index contributed by atoms with van der Waals surface area (Å²) in [4.78, 5) is 11.7. The minimum absolute atomic E-state index is 0.149. The van der Waals surface area contributed by atoms with E-state index in [2.05, 4.69) is 4.37 Å². The second kappa shape index (κ2) is 4.02. The van der Waals surface area contributed by atoms with Gasteiger partial charge in [0.15, 0.2) is 0 Å². The first kappa shape index (κ1) is 10.8. The Morgan fingerprint density at radius 1 is 1.50 bits per heavy atom. The van der Waals surface area contributed by atoms with E-state index in [4.69, 9.17) is 5.11 Å². The predicted octanol–water partition coefficient (Wildman–Crippen LogP) is 2.96. The Morgan fingerprint density at radius 3 is 2.88 bits per heavy atom. The lowest BCUT2D eigenvalue weighted by atomic mass is 10.1. The van der Waals surface area contributed by atoms with Gasteiger partial charge in [-0.1, -0.05) is 12.1 Å². The standard InChI is InChI=1S/C11H8FNO2S/c1-6-9(11(14)15)10(13-16-6)7-3-2-4-8(12)5-7/h2-5H,1H3,(H,14,15). The first-order valence-corrected chi connectivity index (χ1v) is 5.32. The molecular weight excluding hydrogens is 229 g/mol.